The third-order valence-electron chi connectivity index (χ3n) is 5.44. The van der Waals surface area contributed by atoms with Crippen molar-refractivity contribution in [2.45, 2.75) is 56.9 Å². The van der Waals surface area contributed by atoms with Crippen LogP contribution >= 0.6 is 12.4 Å². The van der Waals surface area contributed by atoms with Gasteiger partial charge < -0.3 is 20.1 Å². The molecule has 2 aliphatic rings. The summed E-state index contributed by atoms with van der Waals surface area (Å²) >= 11 is 0. The second-order valence-corrected chi connectivity index (χ2v) is 7.48. The number of carbonyl (C=O) groups is 1. The summed E-state index contributed by atoms with van der Waals surface area (Å²) in [6, 6.07) is 10.3. The Balaban J connectivity index is 0.00000243. The van der Waals surface area contributed by atoms with Crippen LogP contribution in [0.5, 0.6) is 0 Å². The first kappa shape index (κ1) is 21.2. The molecule has 1 aliphatic carbocycles. The summed E-state index contributed by atoms with van der Waals surface area (Å²) in [4.78, 5) is 14.3. The summed E-state index contributed by atoms with van der Waals surface area (Å²) in [7, 11) is 1.77. The van der Waals surface area contributed by atoms with E-state index in [2.05, 4.69) is 5.32 Å². The van der Waals surface area contributed by atoms with Crippen LogP contribution < -0.4 is 5.32 Å². The normalized spacial score (nSPS) is 25.8. The molecule has 2 fully saturated rings. The summed E-state index contributed by atoms with van der Waals surface area (Å²) < 4.78 is 5.56. The highest BCUT2D eigenvalue weighted by Crippen LogP contribution is 2.33. The van der Waals surface area contributed by atoms with Gasteiger partial charge in [0, 0.05) is 19.6 Å². The third kappa shape index (κ3) is 5.68. The molecule has 5 nitrogen and oxygen atoms in total. The van der Waals surface area contributed by atoms with Gasteiger partial charge in [0.15, 0.2) is 0 Å². The maximum atomic E-state index is 12.6. The molecule has 146 valence electrons. The van der Waals surface area contributed by atoms with Crippen LogP contribution in [0, 0.1) is 5.92 Å². The fraction of sp³-hybridized carbons (Fsp3) is 0.650. The molecule has 2 N–H and O–H groups in total. The standard InChI is InChI=1S/C20H30N2O3.ClH/c1-22(12-17(23)14-25-13-15-7-3-2-4-8-15)20(24)19-11-16-9-5-6-10-18(16)21-19;/h2-4,7-8,16-19,21,23H,5-6,9-14H2,1H3;1H. The van der Waals surface area contributed by atoms with Crippen molar-refractivity contribution in [1.29, 1.82) is 0 Å². The number of aliphatic hydroxyl groups is 1. The van der Waals surface area contributed by atoms with Crippen LogP contribution in [0.25, 0.3) is 0 Å². The Morgan fingerprint density at radius 3 is 2.77 bits per heavy atom. The van der Waals surface area contributed by atoms with E-state index >= 15 is 0 Å². The molecule has 0 spiro atoms. The van der Waals surface area contributed by atoms with E-state index < -0.39 is 6.10 Å². The molecular weight excluding hydrogens is 352 g/mol. The fourth-order valence-corrected chi connectivity index (χ4v) is 4.12. The van der Waals surface area contributed by atoms with Crippen LogP contribution in [0.2, 0.25) is 0 Å². The zero-order valence-electron chi connectivity index (χ0n) is 15.5. The Morgan fingerprint density at radius 2 is 2.04 bits per heavy atom. The van der Waals surface area contributed by atoms with Crippen LogP contribution in [0.4, 0.5) is 0 Å². The summed E-state index contributed by atoms with van der Waals surface area (Å²) in [5.74, 6) is 0.742. The number of fused-ring (bicyclic) bond motifs is 1. The molecule has 1 heterocycles. The monoisotopic (exact) mass is 382 g/mol. The maximum absolute atomic E-state index is 12.6. The molecule has 4 atom stereocenters. The van der Waals surface area contributed by atoms with Gasteiger partial charge in [0.1, 0.15) is 0 Å². The number of halogens is 1. The molecule has 0 radical (unpaired) electrons. The first-order chi connectivity index (χ1) is 12.1. The van der Waals surface area contributed by atoms with Gasteiger partial charge in [-0.25, -0.2) is 0 Å². The van der Waals surface area contributed by atoms with Crippen LogP contribution in [-0.4, -0.2) is 54.3 Å². The molecule has 3 rings (SSSR count). The second-order valence-electron chi connectivity index (χ2n) is 7.48. The number of benzene rings is 1. The lowest BCUT2D eigenvalue weighted by molar-refractivity contribution is -0.133. The second kappa shape index (κ2) is 10.3. The van der Waals surface area contributed by atoms with Gasteiger partial charge >= 0.3 is 0 Å². The van der Waals surface area contributed by atoms with Gasteiger partial charge in [0.05, 0.1) is 25.4 Å². The Kier molecular flexibility index (Phi) is 8.35. The van der Waals surface area contributed by atoms with Crippen molar-refractivity contribution in [3.63, 3.8) is 0 Å². The number of aliphatic hydroxyl groups excluding tert-OH is 1. The summed E-state index contributed by atoms with van der Waals surface area (Å²) in [5, 5.41) is 13.7. The summed E-state index contributed by atoms with van der Waals surface area (Å²) in [6.07, 6.45) is 5.25. The highest BCUT2D eigenvalue weighted by atomic mass is 35.5. The first-order valence-electron chi connectivity index (χ1n) is 9.44. The maximum Gasteiger partial charge on any atom is 0.239 e. The van der Waals surface area contributed by atoms with Gasteiger partial charge in [-0.3, -0.25) is 4.79 Å². The molecule has 1 saturated carbocycles. The minimum absolute atomic E-state index is 0. The number of nitrogens with one attached hydrogen (secondary N) is 1. The molecular formula is C20H31ClN2O3. The fourth-order valence-electron chi connectivity index (χ4n) is 4.12. The lowest BCUT2D eigenvalue weighted by atomic mass is 9.85. The number of carbonyl (C=O) groups excluding carboxylic acids is 1. The van der Waals surface area contributed by atoms with Gasteiger partial charge in [-0.1, -0.05) is 43.2 Å². The summed E-state index contributed by atoms with van der Waals surface area (Å²) in [6.45, 7) is 1.01. The van der Waals surface area contributed by atoms with Gasteiger partial charge in [0.25, 0.3) is 0 Å². The minimum Gasteiger partial charge on any atom is -0.389 e. The number of likely N-dealkylation sites (N-methyl/N-ethyl adjacent to an activating group) is 1. The highest BCUT2D eigenvalue weighted by molar-refractivity contribution is 5.85. The predicted octanol–water partition coefficient (Wildman–Crippen LogP) is 2.37. The number of hydrogen-bond acceptors (Lipinski definition) is 4. The molecule has 4 unspecified atom stereocenters. The van der Waals surface area contributed by atoms with E-state index in [1.54, 1.807) is 11.9 Å². The Hall–Kier alpha value is -1.14. The Morgan fingerprint density at radius 1 is 1.31 bits per heavy atom. The zero-order valence-corrected chi connectivity index (χ0v) is 16.3. The molecule has 0 bridgehead atoms. The van der Waals surface area contributed by atoms with Crippen molar-refractivity contribution in [2.24, 2.45) is 5.92 Å². The zero-order chi connectivity index (χ0) is 17.6. The van der Waals surface area contributed by atoms with E-state index in [0.717, 1.165) is 12.0 Å². The van der Waals surface area contributed by atoms with E-state index in [-0.39, 0.29) is 31.0 Å². The van der Waals surface area contributed by atoms with Crippen LogP contribution in [0.3, 0.4) is 0 Å². The average molecular weight is 383 g/mol. The Labute approximate surface area is 162 Å². The molecule has 1 amide bonds. The third-order valence-corrected chi connectivity index (χ3v) is 5.44. The van der Waals surface area contributed by atoms with E-state index in [4.69, 9.17) is 4.74 Å². The van der Waals surface area contributed by atoms with E-state index in [1.165, 1.54) is 25.7 Å². The van der Waals surface area contributed by atoms with E-state index in [0.29, 0.717) is 25.1 Å². The largest absolute Gasteiger partial charge is 0.389 e. The average Bonchev–Trinajstić information content (AvgIpc) is 3.06. The van der Waals surface area contributed by atoms with Gasteiger partial charge in [-0.2, -0.15) is 0 Å². The van der Waals surface area contributed by atoms with Crippen LogP contribution in [0.15, 0.2) is 30.3 Å². The van der Waals surface area contributed by atoms with Crippen molar-refractivity contribution in [2.75, 3.05) is 20.2 Å². The molecule has 1 aromatic carbocycles. The van der Waals surface area contributed by atoms with Crippen molar-refractivity contribution in [1.82, 2.24) is 10.2 Å². The first-order valence-corrected chi connectivity index (χ1v) is 9.44. The minimum atomic E-state index is -0.665. The number of nitrogens with zero attached hydrogens (tertiary/aromatic N) is 1. The lowest BCUT2D eigenvalue weighted by Gasteiger charge is -2.25. The van der Waals surface area contributed by atoms with Crippen LogP contribution in [0.1, 0.15) is 37.7 Å². The Bertz CT molecular complexity index is 543. The molecule has 0 aromatic heterocycles. The number of hydrogen-bond donors (Lipinski definition) is 2. The number of rotatable bonds is 7. The molecule has 26 heavy (non-hydrogen) atoms. The van der Waals surface area contributed by atoms with Crippen molar-refractivity contribution < 1.29 is 14.6 Å². The quantitative estimate of drug-likeness (QED) is 0.760. The topological polar surface area (TPSA) is 61.8 Å². The van der Waals surface area contributed by atoms with Crippen molar-refractivity contribution >= 4 is 18.3 Å². The van der Waals surface area contributed by atoms with Gasteiger partial charge in [-0.05, 0) is 30.7 Å². The molecule has 6 heteroatoms. The smallest absolute Gasteiger partial charge is 0.239 e. The van der Waals surface area contributed by atoms with Crippen LogP contribution in [-0.2, 0) is 16.1 Å². The van der Waals surface area contributed by atoms with Gasteiger partial charge in [-0.15, -0.1) is 12.4 Å². The number of amides is 1. The molecule has 1 aromatic rings. The molecule has 1 saturated heterocycles. The van der Waals surface area contributed by atoms with E-state index in [9.17, 15) is 9.90 Å². The lowest BCUT2D eigenvalue weighted by Crippen LogP contribution is -2.46. The van der Waals surface area contributed by atoms with Crippen molar-refractivity contribution in [3.05, 3.63) is 35.9 Å². The van der Waals surface area contributed by atoms with E-state index in [1.807, 2.05) is 30.3 Å². The van der Waals surface area contributed by atoms with Gasteiger partial charge in [0.2, 0.25) is 5.91 Å². The van der Waals surface area contributed by atoms with Crippen molar-refractivity contribution in [3.8, 4) is 0 Å². The summed E-state index contributed by atoms with van der Waals surface area (Å²) in [5.41, 5.74) is 1.08. The SMILES string of the molecule is CN(CC(O)COCc1ccccc1)C(=O)C1CC2CCCCC2N1.Cl. The highest BCUT2D eigenvalue weighted by Gasteiger charge is 2.39. The molecule has 1 aliphatic heterocycles. The number of ether oxygens (including phenoxy) is 1. The predicted molar refractivity (Wildman–Crippen MR) is 104 cm³/mol.